The molecule has 6 nitrogen and oxygen atoms in total. The van der Waals surface area contributed by atoms with Gasteiger partial charge in [-0.25, -0.2) is 0 Å². The highest BCUT2D eigenvalue weighted by atomic mass is 19.1. The summed E-state index contributed by atoms with van der Waals surface area (Å²) in [6.45, 7) is 0. The predicted octanol–water partition coefficient (Wildman–Crippen LogP) is 1.33. The molecule has 17 heavy (non-hydrogen) atoms. The third-order valence-corrected chi connectivity index (χ3v) is 2.14. The van der Waals surface area contributed by atoms with Gasteiger partial charge in [-0.3, -0.25) is 14.9 Å². The van der Waals surface area contributed by atoms with E-state index in [9.17, 15) is 24.4 Å². The first-order chi connectivity index (χ1) is 7.95. The number of hydrogen-bond acceptors (Lipinski definition) is 5. The molecule has 0 heterocycles. The monoisotopic (exact) mass is 243 g/mol. The van der Waals surface area contributed by atoms with Crippen LogP contribution in [-0.4, -0.2) is 23.1 Å². The second kappa shape index (κ2) is 5.35. The van der Waals surface area contributed by atoms with Gasteiger partial charge in [0.25, 0.3) is 0 Å². The molecule has 0 aliphatic heterocycles. The van der Waals surface area contributed by atoms with E-state index in [0.29, 0.717) is 0 Å². The largest absolute Gasteiger partial charge is 0.469 e. The number of nitro benzene ring substituents is 1. The van der Waals surface area contributed by atoms with Crippen molar-refractivity contribution in [2.75, 3.05) is 7.11 Å². The number of carbonyl (C=O) groups excluding carboxylic acids is 1. The molecule has 1 N–H and O–H groups in total. The normalized spacial score (nSPS) is 11.9. The van der Waals surface area contributed by atoms with Crippen LogP contribution in [0.25, 0.3) is 0 Å². The van der Waals surface area contributed by atoms with Crippen molar-refractivity contribution < 1.29 is 24.0 Å². The van der Waals surface area contributed by atoms with E-state index in [4.69, 9.17) is 0 Å². The summed E-state index contributed by atoms with van der Waals surface area (Å²) in [6.07, 6.45) is -1.59. The maximum Gasteiger partial charge on any atom is 0.308 e. The summed E-state index contributed by atoms with van der Waals surface area (Å²) in [4.78, 5) is 20.4. The zero-order valence-electron chi connectivity index (χ0n) is 8.92. The van der Waals surface area contributed by atoms with Crippen LogP contribution in [0.3, 0.4) is 0 Å². The average molecular weight is 243 g/mol. The van der Waals surface area contributed by atoms with Crippen molar-refractivity contribution in [1.82, 2.24) is 0 Å². The van der Waals surface area contributed by atoms with Crippen LogP contribution >= 0.6 is 0 Å². The predicted molar refractivity (Wildman–Crippen MR) is 54.6 cm³/mol. The summed E-state index contributed by atoms with van der Waals surface area (Å²) in [5.41, 5.74) is -0.600. The summed E-state index contributed by atoms with van der Waals surface area (Å²) < 4.78 is 17.5. The minimum Gasteiger partial charge on any atom is -0.469 e. The molecule has 0 bridgehead atoms. The van der Waals surface area contributed by atoms with Crippen LogP contribution in [0.1, 0.15) is 18.1 Å². The van der Waals surface area contributed by atoms with E-state index in [-0.39, 0.29) is 12.0 Å². The molecule has 0 aliphatic carbocycles. The number of aliphatic hydroxyl groups excluding tert-OH is 1. The minimum absolute atomic E-state index is 0.0819. The number of hydrogen-bond donors (Lipinski definition) is 1. The molecule has 0 spiro atoms. The highest BCUT2D eigenvalue weighted by Crippen LogP contribution is 2.23. The molecular formula is C10H10FNO5. The van der Waals surface area contributed by atoms with Crippen LogP contribution in [-0.2, 0) is 9.53 Å². The molecule has 0 fully saturated rings. The standard InChI is InChI=1S/C10H10FNO5/c1-17-10(14)5-9(13)6-2-3-8(12(15)16)7(11)4-6/h2-4,9,13H,5H2,1H3/t9-/m0/s1. The Balaban J connectivity index is 2.89. The smallest absolute Gasteiger partial charge is 0.308 e. The molecule has 0 aromatic heterocycles. The van der Waals surface area contributed by atoms with Gasteiger partial charge in [-0.15, -0.1) is 0 Å². The Morgan fingerprint density at radius 3 is 2.76 bits per heavy atom. The number of nitro groups is 1. The van der Waals surface area contributed by atoms with Gasteiger partial charge in [-0.1, -0.05) is 0 Å². The number of ether oxygens (including phenoxy) is 1. The molecule has 92 valence electrons. The van der Waals surface area contributed by atoms with Crippen molar-refractivity contribution in [1.29, 1.82) is 0 Å². The number of carbonyl (C=O) groups is 1. The highest BCUT2D eigenvalue weighted by Gasteiger charge is 2.18. The fourth-order valence-corrected chi connectivity index (χ4v) is 1.24. The van der Waals surface area contributed by atoms with E-state index in [1.165, 1.54) is 6.07 Å². The number of halogens is 1. The van der Waals surface area contributed by atoms with Crippen molar-refractivity contribution in [3.05, 3.63) is 39.7 Å². The van der Waals surface area contributed by atoms with Crippen molar-refractivity contribution >= 4 is 11.7 Å². The van der Waals surface area contributed by atoms with Crippen LogP contribution in [0.4, 0.5) is 10.1 Å². The van der Waals surface area contributed by atoms with Crippen molar-refractivity contribution in [3.8, 4) is 0 Å². The summed E-state index contributed by atoms with van der Waals surface area (Å²) in [5.74, 6) is -1.72. The third kappa shape index (κ3) is 3.22. The first-order valence-corrected chi connectivity index (χ1v) is 4.64. The van der Waals surface area contributed by atoms with Crippen LogP contribution in [0, 0.1) is 15.9 Å². The molecule has 7 heteroatoms. The van der Waals surface area contributed by atoms with Crippen LogP contribution in [0.15, 0.2) is 18.2 Å². The van der Waals surface area contributed by atoms with Crippen LogP contribution in [0.5, 0.6) is 0 Å². The van der Waals surface area contributed by atoms with E-state index < -0.39 is 28.5 Å². The van der Waals surface area contributed by atoms with E-state index in [2.05, 4.69) is 4.74 Å². The topological polar surface area (TPSA) is 89.7 Å². The Bertz CT molecular complexity index is 448. The lowest BCUT2D eigenvalue weighted by Crippen LogP contribution is -2.08. The highest BCUT2D eigenvalue weighted by molar-refractivity contribution is 5.70. The molecule has 1 rings (SSSR count). The second-order valence-electron chi connectivity index (χ2n) is 3.26. The summed E-state index contributed by atoms with van der Waals surface area (Å²) in [5, 5.41) is 19.9. The van der Waals surface area contributed by atoms with Crippen LogP contribution < -0.4 is 0 Å². The lowest BCUT2D eigenvalue weighted by Gasteiger charge is -2.09. The Kier molecular flexibility index (Phi) is 4.11. The van der Waals surface area contributed by atoms with Crippen molar-refractivity contribution in [2.45, 2.75) is 12.5 Å². The van der Waals surface area contributed by atoms with Gasteiger partial charge in [0.1, 0.15) is 0 Å². The average Bonchev–Trinajstić information content (AvgIpc) is 2.28. The number of methoxy groups -OCH3 is 1. The van der Waals surface area contributed by atoms with E-state index >= 15 is 0 Å². The zero-order chi connectivity index (χ0) is 13.0. The van der Waals surface area contributed by atoms with E-state index in [0.717, 1.165) is 19.2 Å². The number of nitrogens with zero attached hydrogens (tertiary/aromatic N) is 1. The maximum atomic E-state index is 13.2. The first kappa shape index (κ1) is 13.0. The lowest BCUT2D eigenvalue weighted by atomic mass is 10.1. The van der Waals surface area contributed by atoms with Gasteiger partial charge < -0.3 is 9.84 Å². The molecule has 1 aromatic rings. The minimum atomic E-state index is -1.25. The molecule has 1 atom stereocenters. The fourth-order valence-electron chi connectivity index (χ4n) is 1.24. The zero-order valence-corrected chi connectivity index (χ0v) is 8.92. The summed E-state index contributed by atoms with van der Waals surface area (Å²) in [6, 6.07) is 2.95. The molecular weight excluding hydrogens is 233 g/mol. The Morgan fingerprint density at radius 2 is 2.29 bits per heavy atom. The van der Waals surface area contributed by atoms with Gasteiger partial charge >= 0.3 is 11.7 Å². The van der Waals surface area contributed by atoms with Crippen molar-refractivity contribution in [3.63, 3.8) is 0 Å². The second-order valence-corrected chi connectivity index (χ2v) is 3.26. The van der Waals surface area contributed by atoms with Crippen molar-refractivity contribution in [2.24, 2.45) is 0 Å². The quantitative estimate of drug-likeness (QED) is 0.489. The van der Waals surface area contributed by atoms with Gasteiger partial charge in [0, 0.05) is 6.07 Å². The summed E-state index contributed by atoms with van der Waals surface area (Å²) >= 11 is 0. The lowest BCUT2D eigenvalue weighted by molar-refractivity contribution is -0.387. The number of aliphatic hydroxyl groups is 1. The van der Waals surface area contributed by atoms with Gasteiger partial charge in [-0.2, -0.15) is 4.39 Å². The molecule has 1 aromatic carbocycles. The molecule has 0 amide bonds. The van der Waals surface area contributed by atoms with Gasteiger partial charge in [0.05, 0.1) is 24.6 Å². The number of benzene rings is 1. The van der Waals surface area contributed by atoms with Gasteiger partial charge in [0.2, 0.25) is 5.82 Å². The molecule has 0 radical (unpaired) electrons. The van der Waals surface area contributed by atoms with Gasteiger partial charge in [-0.05, 0) is 17.7 Å². The first-order valence-electron chi connectivity index (χ1n) is 4.64. The fraction of sp³-hybridized carbons (Fsp3) is 0.300. The third-order valence-electron chi connectivity index (χ3n) is 2.14. The van der Waals surface area contributed by atoms with E-state index in [1.54, 1.807) is 0 Å². The van der Waals surface area contributed by atoms with Crippen LogP contribution in [0.2, 0.25) is 0 Å². The summed E-state index contributed by atoms with van der Waals surface area (Å²) in [7, 11) is 1.16. The molecule has 0 unspecified atom stereocenters. The Hall–Kier alpha value is -2.02. The Labute approximate surface area is 95.8 Å². The number of esters is 1. The maximum absolute atomic E-state index is 13.2. The molecule has 0 saturated carbocycles. The van der Waals surface area contributed by atoms with Gasteiger partial charge in [0.15, 0.2) is 0 Å². The SMILES string of the molecule is COC(=O)C[C@H](O)c1ccc([N+](=O)[O-])c(F)c1. The molecule has 0 aliphatic rings. The van der Waals surface area contributed by atoms with E-state index in [1.807, 2.05) is 0 Å². The number of rotatable bonds is 4. The Morgan fingerprint density at radius 1 is 1.65 bits per heavy atom. The molecule has 0 saturated heterocycles.